The summed E-state index contributed by atoms with van der Waals surface area (Å²) in [6.45, 7) is 0. The van der Waals surface area contributed by atoms with E-state index < -0.39 is 0 Å². The zero-order valence-electron chi connectivity index (χ0n) is 18.8. The lowest BCUT2D eigenvalue weighted by atomic mass is 9.80. The first-order chi connectivity index (χ1) is 17.1. The molecular formula is C29H21Cl2NO2S. The third-order valence-corrected chi connectivity index (χ3v) is 8.39. The molecule has 0 spiro atoms. The van der Waals surface area contributed by atoms with Gasteiger partial charge in [-0.2, -0.15) is 0 Å². The summed E-state index contributed by atoms with van der Waals surface area (Å²) in [6.07, 6.45) is -0.245. The maximum atomic E-state index is 6.82. The van der Waals surface area contributed by atoms with Gasteiger partial charge in [-0.3, -0.25) is 4.99 Å². The Labute approximate surface area is 218 Å². The van der Waals surface area contributed by atoms with Gasteiger partial charge in [0.15, 0.2) is 0 Å². The minimum Gasteiger partial charge on any atom is -0.497 e. The molecule has 0 aromatic heterocycles. The van der Waals surface area contributed by atoms with Crippen molar-refractivity contribution in [2.75, 3.05) is 7.11 Å². The van der Waals surface area contributed by atoms with E-state index in [2.05, 4.69) is 18.2 Å². The lowest BCUT2D eigenvalue weighted by Crippen LogP contribution is -2.35. The number of methoxy groups -OCH3 is 1. The van der Waals surface area contributed by atoms with Crippen LogP contribution in [0.15, 0.2) is 101 Å². The van der Waals surface area contributed by atoms with Crippen LogP contribution >= 0.6 is 35.0 Å². The number of aliphatic imine (C=N–C) groups is 1. The molecule has 0 amide bonds. The van der Waals surface area contributed by atoms with Crippen LogP contribution < -0.4 is 9.47 Å². The molecular weight excluding hydrogens is 497 g/mol. The highest BCUT2D eigenvalue weighted by Crippen LogP contribution is 2.56. The number of rotatable bonds is 3. The van der Waals surface area contributed by atoms with Crippen LogP contribution in [-0.4, -0.2) is 12.8 Å². The molecule has 0 fully saturated rings. The maximum Gasteiger partial charge on any atom is 0.134 e. The predicted molar refractivity (Wildman–Crippen MR) is 144 cm³/mol. The van der Waals surface area contributed by atoms with Crippen LogP contribution in [0.1, 0.15) is 28.0 Å². The van der Waals surface area contributed by atoms with Crippen molar-refractivity contribution in [1.82, 2.24) is 0 Å². The third-order valence-electron chi connectivity index (χ3n) is 6.44. The van der Waals surface area contributed by atoms with E-state index in [0.717, 1.165) is 44.5 Å². The largest absolute Gasteiger partial charge is 0.497 e. The number of thioether (sulfide) groups is 1. The zero-order valence-corrected chi connectivity index (χ0v) is 21.1. The third kappa shape index (κ3) is 4.10. The van der Waals surface area contributed by atoms with Crippen LogP contribution in [0.25, 0.3) is 0 Å². The first-order valence-corrected chi connectivity index (χ1v) is 12.9. The second-order valence-corrected chi connectivity index (χ2v) is 10.5. The number of halogens is 2. The molecule has 3 unspecified atom stereocenters. The summed E-state index contributed by atoms with van der Waals surface area (Å²) in [5, 5.41) is 1.16. The van der Waals surface area contributed by atoms with Gasteiger partial charge in [0.2, 0.25) is 0 Å². The van der Waals surface area contributed by atoms with Crippen molar-refractivity contribution in [2.24, 2.45) is 10.9 Å². The van der Waals surface area contributed by atoms with Crippen molar-refractivity contribution < 1.29 is 9.47 Å². The van der Waals surface area contributed by atoms with Gasteiger partial charge in [0, 0.05) is 25.8 Å². The molecule has 35 heavy (non-hydrogen) atoms. The van der Waals surface area contributed by atoms with E-state index in [1.165, 1.54) is 0 Å². The van der Waals surface area contributed by atoms with Gasteiger partial charge in [-0.25, -0.2) is 0 Å². The summed E-state index contributed by atoms with van der Waals surface area (Å²) in [5.41, 5.74) is 5.00. The molecule has 0 saturated heterocycles. The topological polar surface area (TPSA) is 30.8 Å². The molecule has 2 aliphatic rings. The number of nitrogens with zero attached hydrogens (tertiary/aromatic N) is 1. The van der Waals surface area contributed by atoms with E-state index in [4.69, 9.17) is 37.7 Å². The average molecular weight is 518 g/mol. The summed E-state index contributed by atoms with van der Waals surface area (Å²) in [4.78, 5) is 6.30. The van der Waals surface area contributed by atoms with Crippen LogP contribution in [0.2, 0.25) is 10.0 Å². The van der Waals surface area contributed by atoms with Gasteiger partial charge in [-0.1, -0.05) is 71.7 Å². The molecule has 2 aliphatic heterocycles. The lowest BCUT2D eigenvalue weighted by molar-refractivity contribution is 0.156. The first kappa shape index (κ1) is 22.5. The number of para-hydroxylation sites is 1. The van der Waals surface area contributed by atoms with E-state index in [9.17, 15) is 0 Å². The van der Waals surface area contributed by atoms with Crippen LogP contribution in [0.3, 0.4) is 0 Å². The number of hydrogen-bond acceptors (Lipinski definition) is 4. The second-order valence-electron chi connectivity index (χ2n) is 8.51. The molecule has 6 heteroatoms. The van der Waals surface area contributed by atoms with Crippen molar-refractivity contribution in [2.45, 2.75) is 16.2 Å². The molecule has 2 heterocycles. The monoisotopic (exact) mass is 517 g/mol. The molecule has 174 valence electrons. The minimum atomic E-state index is -0.245. The Morgan fingerprint density at radius 3 is 2.49 bits per heavy atom. The van der Waals surface area contributed by atoms with Crippen molar-refractivity contribution in [3.63, 3.8) is 0 Å². The number of hydrogen-bond donors (Lipinski definition) is 0. The Morgan fingerprint density at radius 1 is 0.886 bits per heavy atom. The fraction of sp³-hybridized carbons (Fsp3) is 0.138. The Kier molecular flexibility index (Phi) is 5.97. The SMILES string of the molecule is COc1ccc2c(c1)SC(c1ccc(Cl)cc1Cl)C1C(=N2)c2ccccc2OC1c1ccccc1. The van der Waals surface area contributed by atoms with Crippen molar-refractivity contribution in [1.29, 1.82) is 0 Å². The van der Waals surface area contributed by atoms with Crippen LogP contribution in [-0.2, 0) is 0 Å². The molecule has 0 N–H and O–H groups in total. The molecule has 4 aromatic rings. The van der Waals surface area contributed by atoms with Gasteiger partial charge >= 0.3 is 0 Å². The summed E-state index contributed by atoms with van der Waals surface area (Å²) in [7, 11) is 1.68. The van der Waals surface area contributed by atoms with E-state index in [0.29, 0.717) is 10.0 Å². The summed E-state index contributed by atoms with van der Waals surface area (Å²) in [6, 6.07) is 30.2. The van der Waals surface area contributed by atoms with Crippen LogP contribution in [0, 0.1) is 5.92 Å². The van der Waals surface area contributed by atoms with Crippen LogP contribution in [0.4, 0.5) is 5.69 Å². The molecule has 6 rings (SSSR count). The van der Waals surface area contributed by atoms with E-state index >= 15 is 0 Å². The Hall–Kier alpha value is -2.92. The average Bonchev–Trinajstić information content (AvgIpc) is 3.05. The van der Waals surface area contributed by atoms with E-state index in [-0.39, 0.29) is 17.3 Å². The maximum absolute atomic E-state index is 6.82. The molecule has 4 aromatic carbocycles. The molecule has 0 aliphatic carbocycles. The van der Waals surface area contributed by atoms with Crippen molar-refractivity contribution in [3.05, 3.63) is 118 Å². The van der Waals surface area contributed by atoms with Gasteiger partial charge in [0.1, 0.15) is 17.6 Å². The summed E-state index contributed by atoms with van der Waals surface area (Å²) in [5.74, 6) is 1.52. The summed E-state index contributed by atoms with van der Waals surface area (Å²) >= 11 is 14.8. The van der Waals surface area contributed by atoms with Crippen molar-refractivity contribution >= 4 is 46.4 Å². The van der Waals surface area contributed by atoms with Crippen molar-refractivity contribution in [3.8, 4) is 11.5 Å². The Bertz CT molecular complexity index is 1440. The number of ether oxygens (including phenoxy) is 2. The number of fused-ring (bicyclic) bond motifs is 4. The second kappa shape index (κ2) is 9.27. The number of benzene rings is 4. The van der Waals surface area contributed by atoms with E-state index in [1.54, 1.807) is 18.9 Å². The van der Waals surface area contributed by atoms with Gasteiger partial charge in [0.25, 0.3) is 0 Å². The van der Waals surface area contributed by atoms with E-state index in [1.807, 2.05) is 72.8 Å². The summed E-state index contributed by atoms with van der Waals surface area (Å²) < 4.78 is 12.3. The smallest absolute Gasteiger partial charge is 0.134 e. The fourth-order valence-corrected chi connectivity index (χ4v) is 6.84. The minimum absolute atomic E-state index is 0.0783. The predicted octanol–water partition coefficient (Wildman–Crippen LogP) is 8.72. The molecule has 0 saturated carbocycles. The first-order valence-electron chi connectivity index (χ1n) is 11.3. The quantitative estimate of drug-likeness (QED) is 0.272. The Balaban J connectivity index is 1.63. The highest BCUT2D eigenvalue weighted by atomic mass is 35.5. The highest BCUT2D eigenvalue weighted by molar-refractivity contribution is 7.99. The molecule has 3 nitrogen and oxygen atoms in total. The fourth-order valence-electron chi connectivity index (χ4n) is 4.81. The zero-order chi connectivity index (χ0) is 23.9. The molecule has 0 radical (unpaired) electrons. The standard InChI is InChI=1S/C29H21Cl2NO2S/c1-33-19-12-14-23-25(16-19)35-29(20-13-11-18(30)15-22(20)31)26-27(32-23)21-9-5-6-10-24(21)34-28(26)17-7-3-2-4-8-17/h2-16,26,28-29H,1H3. The van der Waals surface area contributed by atoms with Gasteiger partial charge in [-0.15, -0.1) is 11.8 Å². The Morgan fingerprint density at radius 2 is 1.69 bits per heavy atom. The van der Waals surface area contributed by atoms with Gasteiger partial charge < -0.3 is 9.47 Å². The van der Waals surface area contributed by atoms with Gasteiger partial charge in [-0.05, 0) is 53.6 Å². The molecule has 0 bridgehead atoms. The van der Waals surface area contributed by atoms with Crippen LogP contribution in [0.5, 0.6) is 11.5 Å². The molecule has 3 atom stereocenters. The normalized spacial score (nSPS) is 20.4. The van der Waals surface area contributed by atoms with Gasteiger partial charge in [0.05, 0.1) is 24.4 Å². The highest BCUT2D eigenvalue weighted by Gasteiger charge is 2.44. The lowest BCUT2D eigenvalue weighted by Gasteiger charge is -2.38.